The molecule has 0 aromatic carbocycles. The number of rotatable bonds is 12. The summed E-state index contributed by atoms with van der Waals surface area (Å²) in [7, 11) is -2.05. The van der Waals surface area contributed by atoms with Gasteiger partial charge in [0.25, 0.3) is 0 Å². The first-order valence-electron chi connectivity index (χ1n) is 8.32. The Morgan fingerprint density at radius 3 is 1.20 bits per heavy atom. The van der Waals surface area contributed by atoms with E-state index in [-0.39, 0.29) is 11.2 Å². The summed E-state index contributed by atoms with van der Waals surface area (Å²) in [5.74, 6) is 0. The lowest BCUT2D eigenvalue weighted by Gasteiger charge is -2.27. The minimum Gasteiger partial charge on any atom is -0.112 e. The topological polar surface area (TPSA) is 35.5 Å². The zero-order valence-electron chi connectivity index (χ0n) is 14.3. The maximum Gasteiger partial charge on any atom is 0.698 e. The Balaban J connectivity index is 4.80. The van der Waals surface area contributed by atoms with E-state index < -0.39 is 8.25 Å². The van der Waals surface area contributed by atoms with Gasteiger partial charge in [-0.25, -0.2) is 0 Å². The van der Waals surface area contributed by atoms with E-state index >= 15 is 0 Å². The zero-order chi connectivity index (χ0) is 15.6. The average Bonchev–Trinajstić information content (AvgIpc) is 2.46. The lowest BCUT2D eigenvalue weighted by Crippen LogP contribution is -2.32. The van der Waals surface area contributed by atoms with E-state index in [1.807, 2.05) is 0 Å². The molecule has 0 aromatic heterocycles. The Hall–Kier alpha value is 0.0200. The summed E-state index contributed by atoms with van der Waals surface area (Å²) in [5.41, 5.74) is -0.580. The molecule has 0 aliphatic carbocycles. The monoisotopic (exact) mass is 305 g/mol. The van der Waals surface area contributed by atoms with Gasteiger partial charge in [-0.2, -0.15) is 0 Å². The van der Waals surface area contributed by atoms with Crippen LogP contribution in [-0.4, -0.2) is 11.2 Å². The van der Waals surface area contributed by atoms with Crippen molar-refractivity contribution < 1.29 is 13.6 Å². The van der Waals surface area contributed by atoms with Crippen molar-refractivity contribution in [2.45, 2.75) is 104 Å². The molecule has 3 nitrogen and oxygen atoms in total. The molecule has 0 radical (unpaired) electrons. The van der Waals surface area contributed by atoms with Gasteiger partial charge in [-0.1, -0.05) is 54.4 Å². The molecule has 0 amide bonds. The van der Waals surface area contributed by atoms with Crippen molar-refractivity contribution >= 4 is 8.25 Å². The highest BCUT2D eigenvalue weighted by Crippen LogP contribution is 2.44. The van der Waals surface area contributed by atoms with Crippen LogP contribution in [0.4, 0.5) is 0 Å². The van der Waals surface area contributed by atoms with Crippen molar-refractivity contribution in [1.82, 2.24) is 0 Å². The Morgan fingerprint density at radius 1 is 0.700 bits per heavy atom. The van der Waals surface area contributed by atoms with Gasteiger partial charge in [-0.3, -0.25) is 0 Å². The third-order valence-corrected chi connectivity index (χ3v) is 5.60. The fraction of sp³-hybridized carbons (Fsp3) is 1.00. The highest BCUT2D eigenvalue weighted by Gasteiger charge is 2.44. The van der Waals surface area contributed by atoms with Crippen molar-refractivity contribution in [2.24, 2.45) is 0 Å². The second-order valence-electron chi connectivity index (χ2n) is 5.69. The largest absolute Gasteiger partial charge is 0.698 e. The Labute approximate surface area is 126 Å². The van der Waals surface area contributed by atoms with Gasteiger partial charge in [-0.05, 0) is 38.5 Å². The van der Waals surface area contributed by atoms with Crippen molar-refractivity contribution in [3.8, 4) is 0 Å². The van der Waals surface area contributed by atoms with Crippen LogP contribution >= 0.6 is 8.25 Å². The molecule has 0 unspecified atom stereocenters. The fourth-order valence-corrected chi connectivity index (χ4v) is 4.17. The quantitative estimate of drug-likeness (QED) is 0.392. The molecule has 0 spiro atoms. The molecule has 0 aliphatic heterocycles. The van der Waals surface area contributed by atoms with Crippen LogP contribution in [0.25, 0.3) is 0 Å². The molecule has 0 saturated heterocycles. The van der Waals surface area contributed by atoms with Crippen molar-refractivity contribution in [1.29, 1.82) is 0 Å². The summed E-state index contributed by atoms with van der Waals surface area (Å²) in [4.78, 5) is 0. The maximum absolute atomic E-state index is 12.4. The molecule has 0 bridgehead atoms. The molecule has 20 heavy (non-hydrogen) atoms. The van der Waals surface area contributed by atoms with Crippen LogP contribution in [0.15, 0.2) is 0 Å². The van der Waals surface area contributed by atoms with E-state index in [1.54, 1.807) is 0 Å². The van der Waals surface area contributed by atoms with Crippen LogP contribution in [0.1, 0.15) is 92.9 Å². The van der Waals surface area contributed by atoms with E-state index in [9.17, 15) is 4.57 Å². The molecule has 0 saturated carbocycles. The van der Waals surface area contributed by atoms with Gasteiger partial charge in [0.05, 0.1) is 0 Å². The highest BCUT2D eigenvalue weighted by molar-refractivity contribution is 7.33. The molecule has 0 fully saturated rings. The van der Waals surface area contributed by atoms with Crippen LogP contribution in [0.5, 0.6) is 0 Å². The molecule has 4 heteroatoms. The number of hydrogen-bond acceptors (Lipinski definition) is 3. The molecule has 120 valence electrons. The Kier molecular flexibility index (Phi) is 9.88. The Morgan fingerprint density at radius 2 is 1.00 bits per heavy atom. The predicted octanol–water partition coefficient (Wildman–Crippen LogP) is 6.39. The highest BCUT2D eigenvalue weighted by atomic mass is 31.1. The average molecular weight is 305 g/mol. The third-order valence-electron chi connectivity index (χ3n) is 4.52. The van der Waals surface area contributed by atoms with Crippen LogP contribution in [-0.2, 0) is 13.6 Å². The van der Waals surface area contributed by atoms with Gasteiger partial charge >= 0.3 is 8.25 Å². The first kappa shape index (κ1) is 20.0. The minimum atomic E-state index is -2.05. The van der Waals surface area contributed by atoms with Crippen molar-refractivity contribution in [2.75, 3.05) is 0 Å². The van der Waals surface area contributed by atoms with Gasteiger partial charge in [-0.15, -0.1) is 9.05 Å². The summed E-state index contributed by atoms with van der Waals surface area (Å²) < 4.78 is 24.1. The van der Waals surface area contributed by atoms with Gasteiger partial charge in [0.15, 0.2) is 0 Å². The van der Waals surface area contributed by atoms with Crippen molar-refractivity contribution in [3.05, 3.63) is 0 Å². The summed E-state index contributed by atoms with van der Waals surface area (Å²) >= 11 is 0. The van der Waals surface area contributed by atoms with Gasteiger partial charge in [0.2, 0.25) is 0 Å². The van der Waals surface area contributed by atoms with Crippen LogP contribution in [0, 0.1) is 0 Å². The smallest absolute Gasteiger partial charge is 0.112 e. The summed E-state index contributed by atoms with van der Waals surface area (Å²) in [6, 6.07) is 0. The number of hydrogen-bond donors (Lipinski definition) is 0. The molecule has 0 atom stereocenters. The van der Waals surface area contributed by atoms with E-state index in [2.05, 4.69) is 41.5 Å². The summed E-state index contributed by atoms with van der Waals surface area (Å²) in [6.07, 6.45) is 7.44. The van der Waals surface area contributed by atoms with Gasteiger partial charge < -0.3 is 0 Å². The first-order valence-corrected chi connectivity index (χ1v) is 9.42. The molecule has 0 rings (SSSR count). The summed E-state index contributed by atoms with van der Waals surface area (Å²) in [6.45, 7) is 12.7. The van der Waals surface area contributed by atoms with Crippen LogP contribution < -0.4 is 0 Å². The zero-order valence-corrected chi connectivity index (χ0v) is 15.2. The molecular formula is C16H34O3P+. The molecular weight excluding hydrogens is 271 g/mol. The van der Waals surface area contributed by atoms with Crippen LogP contribution in [0.2, 0.25) is 0 Å². The minimum absolute atomic E-state index is 0.290. The van der Waals surface area contributed by atoms with Crippen LogP contribution in [0.3, 0.4) is 0 Å². The van der Waals surface area contributed by atoms with E-state index in [4.69, 9.17) is 9.05 Å². The van der Waals surface area contributed by atoms with E-state index in [0.29, 0.717) is 0 Å². The van der Waals surface area contributed by atoms with Gasteiger partial charge in [0.1, 0.15) is 11.2 Å². The fourth-order valence-electron chi connectivity index (χ4n) is 2.80. The molecule has 0 aliphatic rings. The molecule has 0 N–H and O–H groups in total. The predicted molar refractivity (Wildman–Crippen MR) is 86.2 cm³/mol. The summed E-state index contributed by atoms with van der Waals surface area (Å²) in [5, 5.41) is 0. The van der Waals surface area contributed by atoms with E-state index in [1.165, 1.54) is 0 Å². The van der Waals surface area contributed by atoms with Gasteiger partial charge in [0, 0.05) is 4.57 Å². The standard InChI is InChI=1S/C16H34O3P/c1-7-13-15(9-3,10-4)18-20(17)19-16(11-5,12-6)14-8-2/h7-14H2,1-6H3/q+1. The van der Waals surface area contributed by atoms with E-state index in [0.717, 1.165) is 51.4 Å². The van der Waals surface area contributed by atoms with Crippen molar-refractivity contribution in [3.63, 3.8) is 0 Å². The third kappa shape index (κ3) is 5.79. The normalized spacial score (nSPS) is 12.7. The lowest BCUT2D eigenvalue weighted by atomic mass is 9.92. The maximum atomic E-state index is 12.4. The second kappa shape index (κ2) is 9.87. The Bertz CT molecular complexity index is 245. The first-order chi connectivity index (χ1) is 9.46. The molecule has 0 heterocycles. The second-order valence-corrected chi connectivity index (χ2v) is 6.50. The molecule has 0 aromatic rings. The lowest BCUT2D eigenvalue weighted by molar-refractivity contribution is -0.00502. The SMILES string of the molecule is CCCC(CC)(CC)O[P+](=O)OC(CC)(CC)CCC.